The first kappa shape index (κ1) is 19.9. The van der Waals surface area contributed by atoms with Crippen LogP contribution in [0.5, 0.6) is 11.5 Å². The average molecular weight is 387 g/mol. The minimum absolute atomic E-state index is 0.0972. The third-order valence-electron chi connectivity index (χ3n) is 4.64. The Hall–Kier alpha value is -3.85. The number of hydrogen-bond donors (Lipinski definition) is 2. The molecule has 0 saturated carbocycles. The van der Waals surface area contributed by atoms with Gasteiger partial charge in [0.1, 0.15) is 23.1 Å². The smallest absolute Gasteiger partial charge is 0.266 e. The highest BCUT2D eigenvalue weighted by molar-refractivity contribution is 5.90. The lowest BCUT2D eigenvalue weighted by Gasteiger charge is -2.11. The lowest BCUT2D eigenvalue weighted by atomic mass is 9.99. The quantitative estimate of drug-likeness (QED) is 0.662. The SMILES string of the molecule is Cc1[nH]c(=O)c(C#N)c(C)c1CCC(=O)Nc1ccc(Oc2ccccc2)cc1. The van der Waals surface area contributed by atoms with Crippen molar-refractivity contribution in [3.05, 3.63) is 87.3 Å². The predicted octanol–water partition coefficient (Wildman–Crippen LogP) is 4.23. The van der Waals surface area contributed by atoms with Crippen molar-refractivity contribution in [3.63, 3.8) is 0 Å². The topological polar surface area (TPSA) is 95.0 Å². The van der Waals surface area contributed by atoms with Crippen molar-refractivity contribution >= 4 is 11.6 Å². The van der Waals surface area contributed by atoms with Crippen molar-refractivity contribution in [2.45, 2.75) is 26.7 Å². The van der Waals surface area contributed by atoms with Crippen molar-refractivity contribution in [1.29, 1.82) is 5.26 Å². The third-order valence-corrected chi connectivity index (χ3v) is 4.64. The van der Waals surface area contributed by atoms with E-state index in [2.05, 4.69) is 10.3 Å². The number of hydrogen-bond acceptors (Lipinski definition) is 4. The van der Waals surface area contributed by atoms with Gasteiger partial charge < -0.3 is 15.0 Å². The fourth-order valence-electron chi connectivity index (χ4n) is 3.11. The molecule has 6 heteroatoms. The Labute approximate surface area is 168 Å². The van der Waals surface area contributed by atoms with Gasteiger partial charge in [-0.2, -0.15) is 5.26 Å². The van der Waals surface area contributed by atoms with Gasteiger partial charge in [0, 0.05) is 17.8 Å². The van der Waals surface area contributed by atoms with E-state index in [4.69, 9.17) is 10.00 Å². The summed E-state index contributed by atoms with van der Waals surface area (Å²) in [5.74, 6) is 1.27. The number of aryl methyl sites for hydroxylation is 1. The number of pyridine rings is 1. The molecule has 29 heavy (non-hydrogen) atoms. The molecule has 0 atom stereocenters. The zero-order chi connectivity index (χ0) is 20.8. The number of nitriles is 1. The van der Waals surface area contributed by atoms with Crippen molar-refractivity contribution in [1.82, 2.24) is 4.98 Å². The summed E-state index contributed by atoms with van der Waals surface area (Å²) in [6, 6.07) is 18.5. The van der Waals surface area contributed by atoms with Crippen LogP contribution < -0.4 is 15.6 Å². The molecule has 0 spiro atoms. The first-order chi connectivity index (χ1) is 14.0. The number of anilines is 1. The van der Waals surface area contributed by atoms with Crippen LogP contribution in [0, 0.1) is 25.2 Å². The molecule has 2 N–H and O–H groups in total. The highest BCUT2D eigenvalue weighted by Crippen LogP contribution is 2.23. The third kappa shape index (κ3) is 4.90. The number of aromatic amines is 1. The number of benzene rings is 2. The van der Waals surface area contributed by atoms with Gasteiger partial charge in [0.15, 0.2) is 0 Å². The van der Waals surface area contributed by atoms with Crippen LogP contribution in [0.1, 0.15) is 28.8 Å². The molecule has 0 aliphatic carbocycles. The molecule has 6 nitrogen and oxygen atoms in total. The van der Waals surface area contributed by atoms with E-state index in [1.807, 2.05) is 36.4 Å². The molecule has 1 amide bonds. The number of carbonyl (C=O) groups is 1. The van der Waals surface area contributed by atoms with Gasteiger partial charge in [0.25, 0.3) is 5.56 Å². The molecular weight excluding hydrogens is 366 g/mol. The average Bonchev–Trinajstić information content (AvgIpc) is 2.70. The Morgan fingerprint density at radius 3 is 2.38 bits per heavy atom. The zero-order valence-electron chi connectivity index (χ0n) is 16.3. The standard InChI is InChI=1S/C23H21N3O3/c1-15-20(16(2)25-23(28)21(15)14-24)12-13-22(27)26-17-8-10-19(11-9-17)29-18-6-4-3-5-7-18/h3-11H,12-13H2,1-2H3,(H,25,28)(H,26,27). The van der Waals surface area contributed by atoms with Gasteiger partial charge in [-0.05, 0) is 67.8 Å². The van der Waals surface area contributed by atoms with Crippen LogP contribution in [0.3, 0.4) is 0 Å². The highest BCUT2D eigenvalue weighted by Gasteiger charge is 2.13. The summed E-state index contributed by atoms with van der Waals surface area (Å²) in [4.78, 5) is 26.8. The Bertz CT molecular complexity index is 1110. The van der Waals surface area contributed by atoms with Gasteiger partial charge in [-0.1, -0.05) is 18.2 Å². The normalized spacial score (nSPS) is 10.2. The molecule has 0 unspecified atom stereocenters. The number of amides is 1. The zero-order valence-corrected chi connectivity index (χ0v) is 16.3. The van der Waals surface area contributed by atoms with Crippen LogP contribution in [0.15, 0.2) is 59.4 Å². The van der Waals surface area contributed by atoms with Crippen molar-refractivity contribution < 1.29 is 9.53 Å². The summed E-state index contributed by atoms with van der Waals surface area (Å²) in [6.07, 6.45) is 0.672. The van der Waals surface area contributed by atoms with Gasteiger partial charge in [0.05, 0.1) is 0 Å². The molecule has 3 aromatic rings. The Balaban J connectivity index is 1.60. The number of ether oxygens (including phenoxy) is 1. The summed E-state index contributed by atoms with van der Waals surface area (Å²) in [5, 5.41) is 12.0. The van der Waals surface area contributed by atoms with Crippen molar-refractivity contribution in [2.75, 3.05) is 5.32 Å². The molecule has 0 aliphatic rings. The van der Waals surface area contributed by atoms with E-state index in [0.717, 1.165) is 11.3 Å². The monoisotopic (exact) mass is 387 g/mol. The molecule has 146 valence electrons. The van der Waals surface area contributed by atoms with Crippen LogP contribution in [-0.2, 0) is 11.2 Å². The minimum atomic E-state index is -0.395. The number of rotatable bonds is 6. The van der Waals surface area contributed by atoms with E-state index in [1.54, 1.807) is 38.1 Å². The molecule has 0 bridgehead atoms. The lowest BCUT2D eigenvalue weighted by Crippen LogP contribution is -2.18. The molecule has 0 aliphatic heterocycles. The fraction of sp³-hybridized carbons (Fsp3) is 0.174. The van der Waals surface area contributed by atoms with E-state index in [-0.39, 0.29) is 17.9 Å². The number of nitrogens with zero attached hydrogens (tertiary/aromatic N) is 1. The van der Waals surface area contributed by atoms with E-state index in [9.17, 15) is 9.59 Å². The fourth-order valence-corrected chi connectivity index (χ4v) is 3.11. The minimum Gasteiger partial charge on any atom is -0.457 e. The number of nitrogens with one attached hydrogen (secondary N) is 2. The maximum absolute atomic E-state index is 12.3. The van der Waals surface area contributed by atoms with Crippen LogP contribution in [-0.4, -0.2) is 10.9 Å². The van der Waals surface area contributed by atoms with Crippen LogP contribution in [0.2, 0.25) is 0 Å². The first-order valence-electron chi connectivity index (χ1n) is 9.23. The second-order valence-corrected chi connectivity index (χ2v) is 6.66. The van der Waals surface area contributed by atoms with E-state index in [0.29, 0.717) is 29.1 Å². The molecule has 2 aromatic carbocycles. The maximum atomic E-state index is 12.3. The molecule has 1 aromatic heterocycles. The molecular formula is C23H21N3O3. The van der Waals surface area contributed by atoms with Gasteiger partial charge in [-0.15, -0.1) is 0 Å². The second kappa shape index (κ2) is 8.89. The second-order valence-electron chi connectivity index (χ2n) is 6.66. The van der Waals surface area contributed by atoms with E-state index >= 15 is 0 Å². The molecule has 0 radical (unpaired) electrons. The number of H-pyrrole nitrogens is 1. The Morgan fingerprint density at radius 1 is 1.07 bits per heavy atom. The summed E-state index contributed by atoms with van der Waals surface area (Å²) in [5.41, 5.74) is 2.50. The number of para-hydroxylation sites is 1. The number of carbonyl (C=O) groups excluding carboxylic acids is 1. The van der Waals surface area contributed by atoms with E-state index < -0.39 is 5.56 Å². The Morgan fingerprint density at radius 2 is 1.72 bits per heavy atom. The van der Waals surface area contributed by atoms with Crippen molar-refractivity contribution in [2.24, 2.45) is 0 Å². The summed E-state index contributed by atoms with van der Waals surface area (Å²) < 4.78 is 5.73. The predicted molar refractivity (Wildman–Crippen MR) is 111 cm³/mol. The van der Waals surface area contributed by atoms with Gasteiger partial charge in [0.2, 0.25) is 5.91 Å². The summed E-state index contributed by atoms with van der Waals surface area (Å²) in [7, 11) is 0. The van der Waals surface area contributed by atoms with Crippen LogP contribution >= 0.6 is 0 Å². The van der Waals surface area contributed by atoms with Gasteiger partial charge >= 0.3 is 0 Å². The van der Waals surface area contributed by atoms with Crippen LogP contribution in [0.25, 0.3) is 0 Å². The Kier molecular flexibility index (Phi) is 6.10. The molecule has 0 fully saturated rings. The summed E-state index contributed by atoms with van der Waals surface area (Å²) in [6.45, 7) is 3.51. The van der Waals surface area contributed by atoms with Gasteiger partial charge in [-0.25, -0.2) is 0 Å². The van der Waals surface area contributed by atoms with Gasteiger partial charge in [-0.3, -0.25) is 9.59 Å². The summed E-state index contributed by atoms with van der Waals surface area (Å²) >= 11 is 0. The molecule has 3 rings (SSSR count). The highest BCUT2D eigenvalue weighted by atomic mass is 16.5. The number of aromatic nitrogens is 1. The largest absolute Gasteiger partial charge is 0.457 e. The molecule has 1 heterocycles. The first-order valence-corrected chi connectivity index (χ1v) is 9.23. The molecule has 0 saturated heterocycles. The van der Waals surface area contributed by atoms with Crippen LogP contribution in [0.4, 0.5) is 5.69 Å². The van der Waals surface area contributed by atoms with E-state index in [1.165, 1.54) is 0 Å². The van der Waals surface area contributed by atoms with Crippen molar-refractivity contribution in [3.8, 4) is 17.6 Å². The maximum Gasteiger partial charge on any atom is 0.266 e. The lowest BCUT2D eigenvalue weighted by molar-refractivity contribution is -0.116.